The highest BCUT2D eigenvalue weighted by atomic mass is 32.2. The number of nitrogen functional groups attached to an aromatic ring is 1. The molecule has 3 rings (SSSR count). The Hall–Kier alpha value is -1.38. The highest BCUT2D eigenvalue weighted by Gasteiger charge is 2.38. The van der Waals surface area contributed by atoms with Gasteiger partial charge in [-0.05, 0) is 31.2 Å². The van der Waals surface area contributed by atoms with Crippen LogP contribution in [-0.2, 0) is 16.6 Å². The highest BCUT2D eigenvalue weighted by molar-refractivity contribution is 7.89. The Labute approximate surface area is 128 Å². The average molecular weight is 326 g/mol. The van der Waals surface area contributed by atoms with Crippen LogP contribution in [0.4, 0.5) is 5.82 Å². The van der Waals surface area contributed by atoms with Gasteiger partial charge in [0.2, 0.25) is 10.0 Å². The number of sulfonamides is 1. The second-order valence-corrected chi connectivity index (χ2v) is 7.86. The predicted molar refractivity (Wildman–Crippen MR) is 82.5 cm³/mol. The molecule has 2 aromatic heterocycles. The second-order valence-electron chi connectivity index (χ2n) is 5.02. The lowest BCUT2D eigenvalue weighted by Gasteiger charge is -2.22. The molecule has 0 aliphatic carbocycles. The van der Waals surface area contributed by atoms with E-state index in [2.05, 4.69) is 5.10 Å². The first kappa shape index (κ1) is 14.6. The summed E-state index contributed by atoms with van der Waals surface area (Å²) in [6, 6.07) is 3.86. The molecule has 0 amide bonds. The minimum Gasteiger partial charge on any atom is -0.381 e. The Morgan fingerprint density at radius 1 is 1.52 bits per heavy atom. The molecule has 1 atom stereocenters. The molecule has 1 aliphatic rings. The van der Waals surface area contributed by atoms with Crippen molar-refractivity contribution in [2.45, 2.75) is 37.2 Å². The van der Waals surface area contributed by atoms with E-state index in [1.165, 1.54) is 6.20 Å². The van der Waals surface area contributed by atoms with Gasteiger partial charge < -0.3 is 5.73 Å². The van der Waals surface area contributed by atoms with Crippen molar-refractivity contribution in [1.82, 2.24) is 14.1 Å². The highest BCUT2D eigenvalue weighted by Crippen LogP contribution is 2.39. The quantitative estimate of drug-likeness (QED) is 0.932. The van der Waals surface area contributed by atoms with Crippen molar-refractivity contribution in [3.8, 4) is 0 Å². The number of aryl methyl sites for hydroxylation is 1. The summed E-state index contributed by atoms with van der Waals surface area (Å²) in [6.07, 6.45) is 3.24. The minimum absolute atomic E-state index is 0.0775. The largest absolute Gasteiger partial charge is 0.381 e. The van der Waals surface area contributed by atoms with E-state index in [1.54, 1.807) is 20.3 Å². The summed E-state index contributed by atoms with van der Waals surface area (Å²) in [4.78, 5) is 1.20. The molecule has 0 spiro atoms. The van der Waals surface area contributed by atoms with Crippen molar-refractivity contribution < 1.29 is 8.42 Å². The van der Waals surface area contributed by atoms with Crippen LogP contribution in [0.25, 0.3) is 0 Å². The van der Waals surface area contributed by atoms with Gasteiger partial charge in [-0.1, -0.05) is 6.07 Å². The summed E-state index contributed by atoms with van der Waals surface area (Å²) in [7, 11) is -3.60. The van der Waals surface area contributed by atoms with Gasteiger partial charge in [-0.2, -0.15) is 9.40 Å². The van der Waals surface area contributed by atoms with Gasteiger partial charge in [-0.25, -0.2) is 8.42 Å². The zero-order valence-electron chi connectivity index (χ0n) is 11.8. The molecule has 1 aliphatic heterocycles. The molecule has 2 N–H and O–H groups in total. The van der Waals surface area contributed by atoms with Crippen LogP contribution in [0.3, 0.4) is 0 Å². The minimum atomic E-state index is -3.60. The molecule has 1 saturated heterocycles. The van der Waals surface area contributed by atoms with Gasteiger partial charge in [0.05, 0.1) is 6.04 Å². The van der Waals surface area contributed by atoms with Gasteiger partial charge in [-0.15, -0.1) is 11.3 Å². The molecule has 0 bridgehead atoms. The molecule has 3 heterocycles. The SMILES string of the molecule is CCn1cc(S(=O)(=O)N2CCCC2c2cccs2)c(N)n1. The number of hydrogen-bond donors (Lipinski definition) is 1. The molecule has 0 aromatic carbocycles. The van der Waals surface area contributed by atoms with E-state index in [-0.39, 0.29) is 16.8 Å². The van der Waals surface area contributed by atoms with Gasteiger partial charge in [0.1, 0.15) is 4.90 Å². The van der Waals surface area contributed by atoms with Crippen LogP contribution in [0, 0.1) is 0 Å². The Kier molecular flexibility index (Phi) is 3.76. The van der Waals surface area contributed by atoms with Crippen LogP contribution >= 0.6 is 11.3 Å². The van der Waals surface area contributed by atoms with Gasteiger partial charge in [0, 0.05) is 24.2 Å². The van der Waals surface area contributed by atoms with Crippen molar-refractivity contribution in [2.24, 2.45) is 0 Å². The van der Waals surface area contributed by atoms with Crippen LogP contribution in [0.2, 0.25) is 0 Å². The Balaban J connectivity index is 1.99. The van der Waals surface area contributed by atoms with Crippen molar-refractivity contribution in [3.63, 3.8) is 0 Å². The number of aromatic nitrogens is 2. The van der Waals surface area contributed by atoms with E-state index >= 15 is 0 Å². The summed E-state index contributed by atoms with van der Waals surface area (Å²) in [5.74, 6) is 0.0775. The topological polar surface area (TPSA) is 81.2 Å². The van der Waals surface area contributed by atoms with Gasteiger partial charge >= 0.3 is 0 Å². The summed E-state index contributed by atoms with van der Waals surface area (Å²) in [5.41, 5.74) is 5.80. The number of rotatable bonds is 4. The smallest absolute Gasteiger partial charge is 0.248 e. The Morgan fingerprint density at radius 2 is 2.33 bits per heavy atom. The monoisotopic (exact) mass is 326 g/mol. The maximum Gasteiger partial charge on any atom is 0.248 e. The fourth-order valence-electron chi connectivity index (χ4n) is 2.70. The predicted octanol–water partition coefficient (Wildman–Crippen LogP) is 2.07. The maximum atomic E-state index is 12.9. The van der Waals surface area contributed by atoms with Crippen molar-refractivity contribution in [3.05, 3.63) is 28.6 Å². The van der Waals surface area contributed by atoms with Crippen LogP contribution in [0.5, 0.6) is 0 Å². The molecular formula is C13H18N4O2S2. The normalized spacial score (nSPS) is 20.1. The summed E-state index contributed by atoms with van der Waals surface area (Å²) < 4.78 is 28.9. The zero-order valence-corrected chi connectivity index (χ0v) is 13.4. The summed E-state index contributed by atoms with van der Waals surface area (Å²) in [6.45, 7) is 3.02. The van der Waals surface area contributed by atoms with E-state index in [9.17, 15) is 8.42 Å². The molecule has 1 unspecified atom stereocenters. The first-order valence-electron chi connectivity index (χ1n) is 6.92. The third kappa shape index (κ3) is 2.47. The van der Waals surface area contributed by atoms with E-state index in [1.807, 2.05) is 24.4 Å². The van der Waals surface area contributed by atoms with Gasteiger partial charge in [0.25, 0.3) is 0 Å². The first-order valence-corrected chi connectivity index (χ1v) is 9.24. The molecule has 8 heteroatoms. The molecule has 21 heavy (non-hydrogen) atoms. The average Bonchev–Trinajstić information content (AvgIpc) is 3.18. The van der Waals surface area contributed by atoms with Gasteiger partial charge in [0.15, 0.2) is 5.82 Å². The fourth-order valence-corrected chi connectivity index (χ4v) is 5.37. The van der Waals surface area contributed by atoms with Crippen LogP contribution in [-0.4, -0.2) is 29.0 Å². The molecule has 0 radical (unpaired) electrons. The van der Waals surface area contributed by atoms with Crippen molar-refractivity contribution in [2.75, 3.05) is 12.3 Å². The Morgan fingerprint density at radius 3 is 2.95 bits per heavy atom. The third-order valence-electron chi connectivity index (χ3n) is 3.74. The number of nitrogens with two attached hydrogens (primary N) is 1. The van der Waals surface area contributed by atoms with Crippen LogP contribution in [0.15, 0.2) is 28.6 Å². The summed E-state index contributed by atoms with van der Waals surface area (Å²) >= 11 is 1.59. The van der Waals surface area contributed by atoms with Crippen molar-refractivity contribution >= 4 is 27.2 Å². The number of anilines is 1. The Bertz CT molecular complexity index is 721. The summed E-state index contributed by atoms with van der Waals surface area (Å²) in [5, 5.41) is 6.02. The molecule has 2 aromatic rings. The molecular weight excluding hydrogens is 308 g/mol. The second kappa shape index (κ2) is 5.43. The number of nitrogens with zero attached hydrogens (tertiary/aromatic N) is 3. The molecule has 6 nitrogen and oxygen atoms in total. The third-order valence-corrected chi connectivity index (χ3v) is 6.64. The van der Waals surface area contributed by atoms with Gasteiger partial charge in [-0.3, -0.25) is 4.68 Å². The lowest BCUT2D eigenvalue weighted by Crippen LogP contribution is -2.30. The maximum absolute atomic E-state index is 12.9. The van der Waals surface area contributed by atoms with E-state index < -0.39 is 10.0 Å². The lowest BCUT2D eigenvalue weighted by molar-refractivity contribution is 0.401. The van der Waals surface area contributed by atoms with E-state index in [0.717, 1.165) is 17.7 Å². The molecule has 1 fully saturated rings. The van der Waals surface area contributed by atoms with Crippen LogP contribution < -0.4 is 5.73 Å². The first-order chi connectivity index (χ1) is 10.0. The zero-order chi connectivity index (χ0) is 15.0. The lowest BCUT2D eigenvalue weighted by atomic mass is 10.2. The van der Waals surface area contributed by atoms with Crippen LogP contribution in [0.1, 0.15) is 30.7 Å². The fraction of sp³-hybridized carbons (Fsp3) is 0.462. The number of hydrogen-bond acceptors (Lipinski definition) is 5. The molecule has 0 saturated carbocycles. The molecule has 114 valence electrons. The van der Waals surface area contributed by atoms with Crippen molar-refractivity contribution in [1.29, 1.82) is 0 Å². The standard InChI is InChI=1S/C13H18N4O2S2/c1-2-16-9-12(13(14)15-16)21(18,19)17-7-3-5-10(17)11-6-4-8-20-11/h4,6,8-10H,2-3,5,7H2,1H3,(H2,14,15). The van der Waals surface area contributed by atoms with E-state index in [0.29, 0.717) is 13.1 Å². The number of thiophene rings is 1. The van der Waals surface area contributed by atoms with E-state index in [4.69, 9.17) is 5.73 Å².